The molecular formula is C11H12FNO5. The minimum absolute atomic E-state index is 0.0132. The van der Waals surface area contributed by atoms with Crippen molar-refractivity contribution >= 4 is 11.9 Å². The van der Waals surface area contributed by atoms with E-state index in [2.05, 4.69) is 4.74 Å². The maximum absolute atomic E-state index is 13.6. The first-order valence-corrected chi connectivity index (χ1v) is 4.96. The number of rotatable bonds is 5. The molecule has 0 saturated carbocycles. The Morgan fingerprint density at radius 2 is 2.06 bits per heavy atom. The van der Waals surface area contributed by atoms with Crippen molar-refractivity contribution in [1.82, 2.24) is 0 Å². The summed E-state index contributed by atoms with van der Waals surface area (Å²) in [4.78, 5) is 21.8. The molecule has 1 atom stereocenters. The van der Waals surface area contributed by atoms with Gasteiger partial charge in [0.05, 0.1) is 13.0 Å². The van der Waals surface area contributed by atoms with E-state index in [1.807, 2.05) is 0 Å². The summed E-state index contributed by atoms with van der Waals surface area (Å²) in [6, 6.07) is 1.97. The Balaban J connectivity index is 3.41. The third-order valence-electron chi connectivity index (χ3n) is 2.44. The van der Waals surface area contributed by atoms with E-state index in [4.69, 9.17) is 15.9 Å². The van der Waals surface area contributed by atoms with Crippen molar-refractivity contribution in [3.63, 3.8) is 0 Å². The van der Waals surface area contributed by atoms with E-state index in [9.17, 15) is 14.0 Å². The summed E-state index contributed by atoms with van der Waals surface area (Å²) in [5.41, 5.74) is 4.82. The predicted octanol–water partition coefficient (Wildman–Crippen LogP) is 0.659. The molecule has 0 radical (unpaired) electrons. The number of carboxylic acid groups (broad SMARTS) is 2. The van der Waals surface area contributed by atoms with Gasteiger partial charge in [-0.3, -0.25) is 4.79 Å². The van der Waals surface area contributed by atoms with Crippen molar-refractivity contribution < 1.29 is 28.9 Å². The number of carbonyl (C=O) groups is 2. The van der Waals surface area contributed by atoms with Crippen molar-refractivity contribution in [3.05, 3.63) is 29.1 Å². The lowest BCUT2D eigenvalue weighted by Gasteiger charge is -2.13. The number of hydrogen-bond donors (Lipinski definition) is 3. The Morgan fingerprint density at radius 1 is 1.44 bits per heavy atom. The molecule has 18 heavy (non-hydrogen) atoms. The molecule has 0 saturated heterocycles. The number of hydrogen-bond acceptors (Lipinski definition) is 4. The fourth-order valence-electron chi connectivity index (χ4n) is 1.56. The van der Waals surface area contributed by atoms with Gasteiger partial charge in [-0.25, -0.2) is 9.18 Å². The molecule has 6 nitrogen and oxygen atoms in total. The summed E-state index contributed by atoms with van der Waals surface area (Å²) >= 11 is 0. The molecule has 0 aromatic heterocycles. The van der Waals surface area contributed by atoms with Crippen molar-refractivity contribution in [1.29, 1.82) is 0 Å². The standard InChI is InChI=1S/C11H12FNO5/c1-18-9-6(10(14)15)2-5(3-8(9)12)7(4-13)11(16)17/h2-3,7H,4,13H2,1H3,(H,14,15)(H,16,17). The molecule has 1 unspecified atom stereocenters. The SMILES string of the molecule is COc1c(F)cc(C(CN)C(=O)O)cc1C(=O)O. The molecule has 0 spiro atoms. The third-order valence-corrected chi connectivity index (χ3v) is 2.44. The number of halogens is 1. The zero-order chi connectivity index (χ0) is 13.9. The molecular weight excluding hydrogens is 245 g/mol. The van der Waals surface area contributed by atoms with Crippen LogP contribution >= 0.6 is 0 Å². The van der Waals surface area contributed by atoms with Crippen LogP contribution in [-0.2, 0) is 4.79 Å². The van der Waals surface area contributed by atoms with E-state index in [0.29, 0.717) is 0 Å². The average Bonchev–Trinajstić information content (AvgIpc) is 2.28. The third kappa shape index (κ3) is 2.57. The summed E-state index contributed by atoms with van der Waals surface area (Å²) in [6.07, 6.45) is 0. The van der Waals surface area contributed by atoms with E-state index >= 15 is 0 Å². The van der Waals surface area contributed by atoms with Crippen molar-refractivity contribution in [2.45, 2.75) is 5.92 Å². The van der Waals surface area contributed by atoms with Crippen LogP contribution < -0.4 is 10.5 Å². The highest BCUT2D eigenvalue weighted by Gasteiger charge is 2.24. The first-order chi connectivity index (χ1) is 8.42. The van der Waals surface area contributed by atoms with E-state index in [-0.39, 0.29) is 12.1 Å². The number of carboxylic acids is 2. The van der Waals surface area contributed by atoms with Crippen LogP contribution in [0.25, 0.3) is 0 Å². The summed E-state index contributed by atoms with van der Waals surface area (Å²) in [5.74, 6) is -5.20. The Hall–Kier alpha value is -2.15. The minimum atomic E-state index is -1.41. The average molecular weight is 257 g/mol. The van der Waals surface area contributed by atoms with Gasteiger partial charge in [0.2, 0.25) is 0 Å². The summed E-state index contributed by atoms with van der Waals surface area (Å²) in [6.45, 7) is -0.264. The van der Waals surface area contributed by atoms with Gasteiger partial charge in [0.1, 0.15) is 5.56 Å². The molecule has 1 aromatic carbocycles. The first-order valence-electron chi connectivity index (χ1n) is 4.96. The molecule has 0 aliphatic rings. The second kappa shape index (κ2) is 5.46. The predicted molar refractivity (Wildman–Crippen MR) is 59.3 cm³/mol. The second-order valence-electron chi connectivity index (χ2n) is 3.52. The van der Waals surface area contributed by atoms with E-state index in [0.717, 1.165) is 19.2 Å². The van der Waals surface area contributed by atoms with Crippen LogP contribution in [0.5, 0.6) is 5.75 Å². The molecule has 4 N–H and O–H groups in total. The molecule has 0 aliphatic carbocycles. The molecule has 0 heterocycles. The lowest BCUT2D eigenvalue weighted by atomic mass is 9.96. The van der Waals surface area contributed by atoms with Crippen LogP contribution in [0.4, 0.5) is 4.39 Å². The highest BCUT2D eigenvalue weighted by molar-refractivity contribution is 5.91. The second-order valence-corrected chi connectivity index (χ2v) is 3.52. The molecule has 7 heteroatoms. The number of aromatic carboxylic acids is 1. The van der Waals surface area contributed by atoms with Gasteiger partial charge in [0, 0.05) is 6.54 Å². The van der Waals surface area contributed by atoms with E-state index < -0.39 is 35.0 Å². The van der Waals surface area contributed by atoms with Crippen LogP contribution in [0, 0.1) is 5.82 Å². The van der Waals surface area contributed by atoms with Crippen LogP contribution in [0.15, 0.2) is 12.1 Å². The molecule has 0 fully saturated rings. The van der Waals surface area contributed by atoms with Gasteiger partial charge in [-0.05, 0) is 17.7 Å². The number of aliphatic carboxylic acids is 1. The van der Waals surface area contributed by atoms with E-state index in [1.54, 1.807) is 0 Å². The minimum Gasteiger partial charge on any atom is -0.493 e. The van der Waals surface area contributed by atoms with Gasteiger partial charge in [-0.2, -0.15) is 0 Å². The topological polar surface area (TPSA) is 110 Å². The van der Waals surface area contributed by atoms with Crippen LogP contribution in [0.2, 0.25) is 0 Å². The summed E-state index contributed by atoms with van der Waals surface area (Å²) < 4.78 is 18.2. The van der Waals surface area contributed by atoms with Crippen LogP contribution in [0.3, 0.4) is 0 Å². The van der Waals surface area contributed by atoms with Gasteiger partial charge in [-0.15, -0.1) is 0 Å². The Kier molecular flexibility index (Phi) is 4.22. The molecule has 0 bridgehead atoms. The normalized spacial score (nSPS) is 11.9. The van der Waals surface area contributed by atoms with Crippen LogP contribution in [0.1, 0.15) is 21.8 Å². The lowest BCUT2D eigenvalue weighted by Crippen LogP contribution is -2.22. The van der Waals surface area contributed by atoms with Crippen molar-refractivity contribution in [3.8, 4) is 5.75 Å². The quantitative estimate of drug-likeness (QED) is 0.714. The molecule has 0 aliphatic heterocycles. The fraction of sp³-hybridized carbons (Fsp3) is 0.273. The Labute approximate surface area is 102 Å². The lowest BCUT2D eigenvalue weighted by molar-refractivity contribution is -0.138. The number of ether oxygens (including phenoxy) is 1. The maximum Gasteiger partial charge on any atom is 0.339 e. The highest BCUT2D eigenvalue weighted by atomic mass is 19.1. The van der Waals surface area contributed by atoms with Gasteiger partial charge < -0.3 is 20.7 Å². The van der Waals surface area contributed by atoms with Gasteiger partial charge >= 0.3 is 11.9 Å². The smallest absolute Gasteiger partial charge is 0.339 e. The number of methoxy groups -OCH3 is 1. The van der Waals surface area contributed by atoms with Gasteiger partial charge in [-0.1, -0.05) is 0 Å². The Morgan fingerprint density at radius 3 is 2.44 bits per heavy atom. The fourth-order valence-corrected chi connectivity index (χ4v) is 1.56. The maximum atomic E-state index is 13.6. The summed E-state index contributed by atoms with van der Waals surface area (Å²) in [5, 5.41) is 17.8. The van der Waals surface area contributed by atoms with Gasteiger partial charge in [0.25, 0.3) is 0 Å². The molecule has 0 amide bonds. The van der Waals surface area contributed by atoms with Crippen LogP contribution in [-0.4, -0.2) is 35.8 Å². The Bertz CT molecular complexity index is 489. The van der Waals surface area contributed by atoms with Crippen molar-refractivity contribution in [2.24, 2.45) is 5.73 Å². The van der Waals surface area contributed by atoms with Gasteiger partial charge in [0.15, 0.2) is 11.6 Å². The van der Waals surface area contributed by atoms with Crippen molar-refractivity contribution in [2.75, 3.05) is 13.7 Å². The molecule has 1 aromatic rings. The molecule has 98 valence electrons. The zero-order valence-electron chi connectivity index (χ0n) is 9.51. The van der Waals surface area contributed by atoms with E-state index in [1.165, 1.54) is 0 Å². The summed E-state index contributed by atoms with van der Waals surface area (Å²) in [7, 11) is 1.13. The number of nitrogens with two attached hydrogens (primary N) is 1. The first kappa shape index (κ1) is 13.9. The number of benzene rings is 1. The zero-order valence-corrected chi connectivity index (χ0v) is 9.51. The largest absolute Gasteiger partial charge is 0.493 e. The highest BCUT2D eigenvalue weighted by Crippen LogP contribution is 2.28. The molecule has 1 rings (SSSR count). The monoisotopic (exact) mass is 257 g/mol.